The van der Waals surface area contributed by atoms with Crippen LogP contribution >= 0.6 is 12.6 Å². The lowest BCUT2D eigenvalue weighted by molar-refractivity contribution is 1.43. The Hall–Kier alpha value is -3.03. The second-order valence-electron chi connectivity index (χ2n) is 6.75. The fourth-order valence-electron chi connectivity index (χ4n) is 3.91. The van der Waals surface area contributed by atoms with Gasteiger partial charge in [0.1, 0.15) is 0 Å². The number of thiol groups is 1. The quantitative estimate of drug-likeness (QED) is 0.335. The SMILES string of the molecule is C=Cc1c(C=C)c(-c2ccc(CS)cc2)c2ccccc2c1-c1ccccc1. The number of rotatable bonds is 5. The Morgan fingerprint density at radius 1 is 0.607 bits per heavy atom. The lowest BCUT2D eigenvalue weighted by Crippen LogP contribution is -1.96. The summed E-state index contributed by atoms with van der Waals surface area (Å²) in [5.74, 6) is 0.736. The maximum Gasteiger partial charge on any atom is 0.0154 e. The van der Waals surface area contributed by atoms with Crippen molar-refractivity contribution in [2.75, 3.05) is 0 Å². The average molecular weight is 379 g/mol. The molecule has 0 amide bonds. The predicted molar refractivity (Wildman–Crippen MR) is 128 cm³/mol. The van der Waals surface area contributed by atoms with Gasteiger partial charge in [-0.05, 0) is 49.7 Å². The van der Waals surface area contributed by atoms with E-state index >= 15 is 0 Å². The minimum Gasteiger partial charge on any atom is -0.175 e. The highest BCUT2D eigenvalue weighted by Crippen LogP contribution is 2.43. The first-order valence-corrected chi connectivity index (χ1v) is 10.0. The van der Waals surface area contributed by atoms with Gasteiger partial charge < -0.3 is 0 Å². The molecule has 0 fully saturated rings. The molecule has 4 aromatic rings. The van der Waals surface area contributed by atoms with E-state index in [4.69, 9.17) is 0 Å². The van der Waals surface area contributed by atoms with E-state index in [0.717, 1.165) is 16.9 Å². The molecule has 4 rings (SSSR count). The van der Waals surface area contributed by atoms with Crippen LogP contribution in [-0.4, -0.2) is 0 Å². The van der Waals surface area contributed by atoms with Crippen LogP contribution in [-0.2, 0) is 5.75 Å². The molecule has 0 aliphatic carbocycles. The Morgan fingerprint density at radius 3 is 1.54 bits per heavy atom. The normalized spacial score (nSPS) is 10.8. The molecule has 0 saturated carbocycles. The third-order valence-electron chi connectivity index (χ3n) is 5.19. The first-order valence-electron chi connectivity index (χ1n) is 9.37. The zero-order valence-corrected chi connectivity index (χ0v) is 16.6. The first-order chi connectivity index (χ1) is 13.8. The van der Waals surface area contributed by atoms with Crippen molar-refractivity contribution in [2.45, 2.75) is 5.75 Å². The summed E-state index contributed by atoms with van der Waals surface area (Å²) in [6.45, 7) is 8.28. The number of hydrogen-bond donors (Lipinski definition) is 1. The molecule has 0 heterocycles. The summed E-state index contributed by atoms with van der Waals surface area (Å²) in [5.41, 5.74) is 8.22. The lowest BCUT2D eigenvalue weighted by atomic mass is 9.83. The van der Waals surface area contributed by atoms with Crippen molar-refractivity contribution in [1.82, 2.24) is 0 Å². The Bertz CT molecular complexity index is 1150. The largest absolute Gasteiger partial charge is 0.175 e. The van der Waals surface area contributed by atoms with Crippen molar-refractivity contribution in [3.8, 4) is 22.3 Å². The summed E-state index contributed by atoms with van der Waals surface area (Å²) in [7, 11) is 0. The third kappa shape index (κ3) is 3.08. The molecule has 0 unspecified atom stereocenters. The zero-order chi connectivity index (χ0) is 19.5. The molecule has 0 spiro atoms. The van der Waals surface area contributed by atoms with Crippen molar-refractivity contribution in [1.29, 1.82) is 0 Å². The van der Waals surface area contributed by atoms with E-state index in [2.05, 4.69) is 98.6 Å². The molecule has 0 nitrogen and oxygen atoms in total. The Labute approximate surface area is 172 Å². The summed E-state index contributed by atoms with van der Waals surface area (Å²) < 4.78 is 0. The molecule has 0 aliphatic rings. The van der Waals surface area contributed by atoms with Gasteiger partial charge >= 0.3 is 0 Å². The van der Waals surface area contributed by atoms with Crippen LogP contribution in [0, 0.1) is 0 Å². The van der Waals surface area contributed by atoms with Gasteiger partial charge in [0.05, 0.1) is 0 Å². The smallest absolute Gasteiger partial charge is 0.0154 e. The van der Waals surface area contributed by atoms with Gasteiger partial charge in [0.2, 0.25) is 0 Å². The monoisotopic (exact) mass is 378 g/mol. The van der Waals surface area contributed by atoms with Gasteiger partial charge in [0.25, 0.3) is 0 Å². The minimum atomic E-state index is 0.736. The molecule has 0 saturated heterocycles. The maximum absolute atomic E-state index is 4.39. The molecule has 1 heteroatoms. The van der Waals surface area contributed by atoms with Crippen molar-refractivity contribution in [3.63, 3.8) is 0 Å². The predicted octanol–water partition coefficient (Wildman–Crippen LogP) is 7.89. The number of benzene rings is 4. The van der Waals surface area contributed by atoms with Crippen molar-refractivity contribution >= 4 is 35.6 Å². The van der Waals surface area contributed by atoms with Crippen molar-refractivity contribution in [2.24, 2.45) is 0 Å². The molecular formula is C27H22S. The Kier molecular flexibility index (Phi) is 5.18. The highest BCUT2D eigenvalue weighted by Gasteiger charge is 2.18. The van der Waals surface area contributed by atoms with Crippen LogP contribution in [0.5, 0.6) is 0 Å². The highest BCUT2D eigenvalue weighted by atomic mass is 32.1. The van der Waals surface area contributed by atoms with Gasteiger partial charge in [0, 0.05) is 5.75 Å². The van der Waals surface area contributed by atoms with E-state index in [1.807, 2.05) is 18.2 Å². The van der Waals surface area contributed by atoms with E-state index in [1.165, 1.54) is 38.6 Å². The molecular weight excluding hydrogens is 356 g/mol. The molecule has 136 valence electrons. The molecule has 0 bridgehead atoms. The standard InChI is InChI=1S/C27H22S/c1-3-22-23(4-2)27(21-16-14-19(18-28)15-17-21)25-13-9-8-12-24(25)26(22)20-10-6-5-7-11-20/h3-17,28H,1-2,18H2. The molecule has 0 N–H and O–H groups in total. The Balaban J connectivity index is 2.15. The van der Waals surface area contributed by atoms with Crippen molar-refractivity contribution < 1.29 is 0 Å². The molecule has 0 aliphatic heterocycles. The molecule has 28 heavy (non-hydrogen) atoms. The fourth-order valence-corrected chi connectivity index (χ4v) is 4.12. The maximum atomic E-state index is 4.39. The average Bonchev–Trinajstić information content (AvgIpc) is 2.78. The fraction of sp³-hybridized carbons (Fsp3) is 0.0370. The lowest BCUT2D eigenvalue weighted by Gasteiger charge is -2.20. The van der Waals surface area contributed by atoms with Crippen LogP contribution in [0.1, 0.15) is 16.7 Å². The van der Waals surface area contributed by atoms with E-state index in [-0.39, 0.29) is 0 Å². The Morgan fingerprint density at radius 2 is 1.07 bits per heavy atom. The molecule has 0 atom stereocenters. The summed E-state index contributed by atoms with van der Waals surface area (Å²) in [5, 5.41) is 2.45. The van der Waals surface area contributed by atoms with E-state index in [9.17, 15) is 0 Å². The summed E-state index contributed by atoms with van der Waals surface area (Å²) in [4.78, 5) is 0. The van der Waals surface area contributed by atoms with Gasteiger partial charge in [-0.15, -0.1) is 0 Å². The van der Waals surface area contributed by atoms with Crippen LogP contribution in [0.3, 0.4) is 0 Å². The van der Waals surface area contributed by atoms with Crippen LogP contribution in [0.15, 0.2) is 92.0 Å². The number of hydrogen-bond acceptors (Lipinski definition) is 1. The van der Waals surface area contributed by atoms with Gasteiger partial charge in [-0.1, -0.05) is 104 Å². The second kappa shape index (κ2) is 7.92. The molecule has 0 radical (unpaired) electrons. The van der Waals surface area contributed by atoms with Crippen LogP contribution in [0.25, 0.3) is 45.2 Å². The third-order valence-corrected chi connectivity index (χ3v) is 5.56. The van der Waals surface area contributed by atoms with E-state index < -0.39 is 0 Å². The van der Waals surface area contributed by atoms with Crippen LogP contribution in [0.4, 0.5) is 0 Å². The minimum absolute atomic E-state index is 0.736. The van der Waals surface area contributed by atoms with Gasteiger partial charge in [-0.3, -0.25) is 0 Å². The highest BCUT2D eigenvalue weighted by molar-refractivity contribution is 7.79. The first kappa shape index (κ1) is 18.3. The molecule has 4 aromatic carbocycles. The molecule has 0 aromatic heterocycles. The second-order valence-corrected chi connectivity index (χ2v) is 7.07. The van der Waals surface area contributed by atoms with E-state index in [1.54, 1.807) is 0 Å². The van der Waals surface area contributed by atoms with Crippen molar-refractivity contribution in [3.05, 3.63) is 109 Å². The number of fused-ring (bicyclic) bond motifs is 1. The zero-order valence-electron chi connectivity index (χ0n) is 15.7. The summed E-state index contributed by atoms with van der Waals surface area (Å²) in [6.07, 6.45) is 3.91. The van der Waals surface area contributed by atoms with Gasteiger partial charge in [-0.2, -0.15) is 12.6 Å². The van der Waals surface area contributed by atoms with Gasteiger partial charge in [-0.25, -0.2) is 0 Å². The van der Waals surface area contributed by atoms with Gasteiger partial charge in [0.15, 0.2) is 0 Å². The summed E-state index contributed by atoms with van der Waals surface area (Å²) in [6, 6.07) is 27.7. The topological polar surface area (TPSA) is 0 Å². The summed E-state index contributed by atoms with van der Waals surface area (Å²) >= 11 is 4.39. The van der Waals surface area contributed by atoms with E-state index in [0.29, 0.717) is 0 Å². The van der Waals surface area contributed by atoms with Crippen LogP contribution in [0.2, 0.25) is 0 Å². The van der Waals surface area contributed by atoms with Crippen LogP contribution < -0.4 is 0 Å².